The van der Waals surface area contributed by atoms with Gasteiger partial charge >= 0.3 is 0 Å². The molecule has 128 valence electrons. The lowest BCUT2D eigenvalue weighted by atomic mass is 10.1. The summed E-state index contributed by atoms with van der Waals surface area (Å²) >= 11 is 1.86. The van der Waals surface area contributed by atoms with Crippen molar-refractivity contribution in [1.82, 2.24) is 5.32 Å². The van der Waals surface area contributed by atoms with Crippen molar-refractivity contribution in [2.24, 2.45) is 5.73 Å². The summed E-state index contributed by atoms with van der Waals surface area (Å²) in [6.07, 6.45) is 2.85. The summed E-state index contributed by atoms with van der Waals surface area (Å²) < 4.78 is 0.156. The van der Waals surface area contributed by atoms with E-state index in [2.05, 4.69) is 17.4 Å². The molecule has 3 N–H and O–H groups in total. The summed E-state index contributed by atoms with van der Waals surface area (Å²) in [5.74, 6) is -0.0613. The molecule has 3 nitrogen and oxygen atoms in total. The number of hydrogen-bond acceptors (Lipinski definition) is 3. The minimum atomic E-state index is -0.491. The van der Waals surface area contributed by atoms with Gasteiger partial charge in [0, 0.05) is 16.2 Å². The molecule has 0 heterocycles. The van der Waals surface area contributed by atoms with E-state index in [-0.39, 0.29) is 23.1 Å². The van der Waals surface area contributed by atoms with Gasteiger partial charge in [0.05, 0.1) is 6.04 Å². The molecule has 1 amide bonds. The lowest BCUT2D eigenvalue weighted by Gasteiger charge is -2.18. The Hall–Kier alpha value is -1.49. The zero-order chi connectivity index (χ0) is 16.1. The molecule has 2 aromatic carbocycles. The van der Waals surface area contributed by atoms with Crippen molar-refractivity contribution in [2.75, 3.05) is 6.54 Å². The third kappa shape index (κ3) is 5.26. The summed E-state index contributed by atoms with van der Waals surface area (Å²) in [6.45, 7) is 0.688. The molecule has 1 fully saturated rings. The highest BCUT2D eigenvalue weighted by Crippen LogP contribution is 2.51. The second-order valence-electron chi connectivity index (χ2n) is 6.11. The number of thioether (sulfide) groups is 1. The number of hydrogen-bond donors (Lipinski definition) is 2. The van der Waals surface area contributed by atoms with Gasteiger partial charge in [-0.1, -0.05) is 48.5 Å². The van der Waals surface area contributed by atoms with Gasteiger partial charge in [-0.3, -0.25) is 4.79 Å². The van der Waals surface area contributed by atoms with Gasteiger partial charge in [0.15, 0.2) is 0 Å². The first-order valence-electron chi connectivity index (χ1n) is 7.98. The van der Waals surface area contributed by atoms with Crippen LogP contribution in [0.2, 0.25) is 0 Å². The van der Waals surface area contributed by atoms with Crippen LogP contribution in [-0.2, 0) is 11.2 Å². The van der Waals surface area contributed by atoms with E-state index in [0.717, 1.165) is 18.4 Å². The maximum absolute atomic E-state index is 12.2. The first kappa shape index (κ1) is 18.8. The van der Waals surface area contributed by atoms with Crippen LogP contribution in [0, 0.1) is 0 Å². The van der Waals surface area contributed by atoms with Crippen molar-refractivity contribution < 1.29 is 4.79 Å². The first-order valence-corrected chi connectivity index (χ1v) is 8.80. The molecule has 0 unspecified atom stereocenters. The van der Waals surface area contributed by atoms with E-state index >= 15 is 0 Å². The monoisotopic (exact) mass is 362 g/mol. The third-order valence-electron chi connectivity index (χ3n) is 4.11. The number of amides is 1. The van der Waals surface area contributed by atoms with Gasteiger partial charge in [0.25, 0.3) is 0 Å². The number of carbonyl (C=O) groups is 1. The van der Waals surface area contributed by atoms with E-state index in [4.69, 9.17) is 5.73 Å². The Bertz CT molecular complexity index is 647. The predicted octanol–water partition coefficient (Wildman–Crippen LogP) is 3.42. The zero-order valence-electron chi connectivity index (χ0n) is 13.5. The van der Waals surface area contributed by atoms with Crippen LogP contribution in [0.15, 0.2) is 65.6 Å². The molecule has 0 aromatic heterocycles. The van der Waals surface area contributed by atoms with Crippen LogP contribution in [0.3, 0.4) is 0 Å². The van der Waals surface area contributed by atoms with Crippen LogP contribution in [0.5, 0.6) is 0 Å². The summed E-state index contributed by atoms with van der Waals surface area (Å²) in [5.41, 5.74) is 7.13. The molecule has 1 saturated carbocycles. The van der Waals surface area contributed by atoms with Crippen LogP contribution >= 0.6 is 24.2 Å². The van der Waals surface area contributed by atoms with Gasteiger partial charge < -0.3 is 11.1 Å². The largest absolute Gasteiger partial charge is 0.353 e. The molecule has 1 aliphatic rings. The molecule has 0 radical (unpaired) electrons. The predicted molar refractivity (Wildman–Crippen MR) is 103 cm³/mol. The Morgan fingerprint density at radius 3 is 2.25 bits per heavy atom. The fourth-order valence-corrected chi connectivity index (χ4v) is 3.78. The van der Waals surface area contributed by atoms with Crippen molar-refractivity contribution in [3.63, 3.8) is 0 Å². The standard InChI is InChI=1S/C19H22N2OS.ClH/c20-17(13-15-7-3-1-4-8-15)18(22)21-14-19(11-12-19)23-16-9-5-2-6-10-16;/h1-10,17H,11-14,20H2,(H,21,22);1H/t17-;/m0./s1. The summed E-state index contributed by atoms with van der Waals surface area (Å²) in [4.78, 5) is 13.5. The van der Waals surface area contributed by atoms with Crippen molar-refractivity contribution in [1.29, 1.82) is 0 Å². The average Bonchev–Trinajstić information content (AvgIpc) is 3.34. The van der Waals surface area contributed by atoms with Crippen LogP contribution < -0.4 is 11.1 Å². The van der Waals surface area contributed by atoms with Crippen molar-refractivity contribution in [2.45, 2.75) is 34.9 Å². The first-order chi connectivity index (χ1) is 11.2. The fraction of sp³-hybridized carbons (Fsp3) is 0.316. The van der Waals surface area contributed by atoms with E-state index in [0.29, 0.717) is 13.0 Å². The van der Waals surface area contributed by atoms with Crippen LogP contribution in [0.1, 0.15) is 18.4 Å². The van der Waals surface area contributed by atoms with E-state index in [1.54, 1.807) is 0 Å². The number of carbonyl (C=O) groups excluding carboxylic acids is 1. The zero-order valence-corrected chi connectivity index (χ0v) is 15.1. The van der Waals surface area contributed by atoms with Gasteiger partial charge in [-0.25, -0.2) is 0 Å². The van der Waals surface area contributed by atoms with Crippen LogP contribution in [-0.4, -0.2) is 23.2 Å². The molecule has 0 bridgehead atoms. The molecule has 1 aliphatic carbocycles. The second kappa shape index (κ2) is 8.56. The average molecular weight is 363 g/mol. The Morgan fingerprint density at radius 1 is 1.08 bits per heavy atom. The molecular weight excluding hydrogens is 340 g/mol. The Labute approximate surface area is 153 Å². The van der Waals surface area contributed by atoms with Crippen molar-refractivity contribution in [3.05, 3.63) is 66.2 Å². The lowest BCUT2D eigenvalue weighted by Crippen LogP contribution is -2.44. The smallest absolute Gasteiger partial charge is 0.237 e. The highest BCUT2D eigenvalue weighted by Gasteiger charge is 2.44. The van der Waals surface area contributed by atoms with Gasteiger partial charge in [-0.2, -0.15) is 0 Å². The van der Waals surface area contributed by atoms with Crippen LogP contribution in [0.25, 0.3) is 0 Å². The van der Waals surface area contributed by atoms with E-state index < -0.39 is 6.04 Å². The summed E-state index contributed by atoms with van der Waals surface area (Å²) in [6, 6.07) is 19.8. The summed E-state index contributed by atoms with van der Waals surface area (Å²) in [5, 5.41) is 3.04. The Kier molecular flexibility index (Phi) is 6.72. The number of benzene rings is 2. The molecule has 0 saturated heterocycles. The van der Waals surface area contributed by atoms with Gasteiger partial charge in [0.1, 0.15) is 0 Å². The molecule has 24 heavy (non-hydrogen) atoms. The molecule has 0 aliphatic heterocycles. The normalized spacial score (nSPS) is 15.9. The molecule has 3 rings (SSSR count). The maximum Gasteiger partial charge on any atom is 0.237 e. The minimum absolute atomic E-state index is 0. The lowest BCUT2D eigenvalue weighted by molar-refractivity contribution is -0.122. The maximum atomic E-state index is 12.2. The summed E-state index contributed by atoms with van der Waals surface area (Å²) in [7, 11) is 0. The molecule has 5 heteroatoms. The number of rotatable bonds is 7. The molecule has 2 aromatic rings. The van der Waals surface area contributed by atoms with Gasteiger partial charge in [-0.05, 0) is 37.0 Å². The number of nitrogens with one attached hydrogen (secondary N) is 1. The van der Waals surface area contributed by atoms with E-state index in [9.17, 15) is 4.79 Å². The fourth-order valence-electron chi connectivity index (χ4n) is 2.53. The number of nitrogens with two attached hydrogens (primary N) is 1. The highest BCUT2D eigenvalue weighted by atomic mass is 35.5. The molecule has 1 atom stereocenters. The van der Waals surface area contributed by atoms with Crippen molar-refractivity contribution >= 4 is 30.1 Å². The van der Waals surface area contributed by atoms with E-state index in [1.165, 1.54) is 4.90 Å². The topological polar surface area (TPSA) is 55.1 Å². The second-order valence-corrected chi connectivity index (χ2v) is 7.65. The SMILES string of the molecule is Cl.N[C@@H](Cc1ccccc1)C(=O)NCC1(Sc2ccccc2)CC1. The van der Waals surface area contributed by atoms with Gasteiger partial charge in [0.2, 0.25) is 5.91 Å². The Balaban J connectivity index is 0.00000208. The number of halogens is 1. The quantitative estimate of drug-likeness (QED) is 0.793. The third-order valence-corrected chi connectivity index (χ3v) is 5.60. The van der Waals surface area contributed by atoms with Crippen LogP contribution in [0.4, 0.5) is 0 Å². The van der Waals surface area contributed by atoms with E-state index in [1.807, 2.05) is 60.3 Å². The molecule has 0 spiro atoms. The Morgan fingerprint density at radius 2 is 1.67 bits per heavy atom. The van der Waals surface area contributed by atoms with Gasteiger partial charge in [-0.15, -0.1) is 24.2 Å². The highest BCUT2D eigenvalue weighted by molar-refractivity contribution is 8.01. The molecular formula is C19H23ClN2OS. The van der Waals surface area contributed by atoms with Crippen molar-refractivity contribution in [3.8, 4) is 0 Å². The minimum Gasteiger partial charge on any atom is -0.353 e.